The van der Waals surface area contributed by atoms with Crippen LogP contribution < -0.4 is 69.3 Å². The summed E-state index contributed by atoms with van der Waals surface area (Å²) in [6, 6.07) is 0. The van der Waals surface area contributed by atoms with Crippen LogP contribution in [-0.4, -0.2) is 23.9 Å². The molecular formula is C2H6Na2O6. The second-order valence-electron chi connectivity index (χ2n) is 0.192. The van der Waals surface area contributed by atoms with Gasteiger partial charge < -0.3 is 30.8 Å². The molecule has 0 aromatic carbocycles. The molecule has 6 nitrogen and oxygen atoms in total. The number of rotatable bonds is 0. The van der Waals surface area contributed by atoms with E-state index in [1.54, 1.807) is 0 Å². The third kappa shape index (κ3) is 740. The molecule has 0 unspecified atom stereocenters. The van der Waals surface area contributed by atoms with Gasteiger partial charge in [-0.15, -0.1) is 0 Å². The van der Waals surface area contributed by atoms with E-state index in [1.165, 1.54) is 0 Å². The summed E-state index contributed by atoms with van der Waals surface area (Å²) in [6.45, 7) is -1.00. The van der Waals surface area contributed by atoms with Crippen LogP contribution in [0.5, 0.6) is 0 Å². The number of hydrogen-bond acceptors (Lipinski definition) is 4. The summed E-state index contributed by atoms with van der Waals surface area (Å²) in [5.41, 5.74) is 0. The van der Waals surface area contributed by atoms with Crippen molar-refractivity contribution in [3.8, 4) is 0 Å². The van der Waals surface area contributed by atoms with Crippen LogP contribution in [0.2, 0.25) is 0 Å². The second-order valence-corrected chi connectivity index (χ2v) is 0.192. The van der Waals surface area contributed by atoms with E-state index in [1.807, 2.05) is 0 Å². The van der Waals surface area contributed by atoms with Crippen LogP contribution in [-0.2, 0) is 9.59 Å². The summed E-state index contributed by atoms with van der Waals surface area (Å²) >= 11 is 0. The van der Waals surface area contributed by atoms with Crippen LogP contribution in [0, 0.1) is 0 Å². The molecule has 0 aliphatic heterocycles. The van der Waals surface area contributed by atoms with Gasteiger partial charge in [0, 0.05) is 12.9 Å². The van der Waals surface area contributed by atoms with Gasteiger partial charge in [0.2, 0.25) is 0 Å². The fraction of sp³-hybridized carbons (Fsp3) is 0. The maximum absolute atomic E-state index is 8.25. The van der Waals surface area contributed by atoms with E-state index in [4.69, 9.17) is 19.8 Å². The minimum Gasteiger partial charge on any atom is -0.554 e. The van der Waals surface area contributed by atoms with Gasteiger partial charge in [-0.05, 0) is 0 Å². The first-order valence-electron chi connectivity index (χ1n) is 0.943. The van der Waals surface area contributed by atoms with Gasteiger partial charge in [-0.3, -0.25) is 0 Å². The van der Waals surface area contributed by atoms with Crippen molar-refractivity contribution in [1.82, 2.24) is 0 Å². The molecule has 0 rings (SSSR count). The Balaban J connectivity index is -0.00000000571. The zero-order chi connectivity index (χ0) is 5.41. The van der Waals surface area contributed by atoms with E-state index in [0.717, 1.165) is 0 Å². The predicted molar refractivity (Wildman–Crippen MR) is 19.4 cm³/mol. The second kappa shape index (κ2) is 94.6. The van der Waals surface area contributed by atoms with Crippen molar-refractivity contribution in [2.45, 2.75) is 0 Å². The molecule has 0 radical (unpaired) electrons. The number of carbonyl (C=O) groups excluding carboxylic acids is 2. The van der Waals surface area contributed by atoms with E-state index in [0.29, 0.717) is 0 Å². The van der Waals surface area contributed by atoms with Crippen molar-refractivity contribution in [2.75, 3.05) is 0 Å². The number of carbonyl (C=O) groups is 2. The average Bonchev–Trinajstić information content (AvgIpc) is 1.39. The van der Waals surface area contributed by atoms with Crippen molar-refractivity contribution in [3.63, 3.8) is 0 Å². The van der Waals surface area contributed by atoms with Crippen LogP contribution in [0.25, 0.3) is 0 Å². The summed E-state index contributed by atoms with van der Waals surface area (Å²) in [5.74, 6) is 0. The van der Waals surface area contributed by atoms with Crippen LogP contribution in [0.3, 0.4) is 0 Å². The molecule has 0 aliphatic carbocycles. The number of hydrogen-bond donors (Lipinski definition) is 0. The van der Waals surface area contributed by atoms with Crippen molar-refractivity contribution in [1.29, 1.82) is 0 Å². The van der Waals surface area contributed by atoms with Crippen molar-refractivity contribution < 1.29 is 89.9 Å². The molecule has 0 amide bonds. The molecule has 0 saturated heterocycles. The molecule has 0 atom stereocenters. The molecule has 0 saturated carbocycles. The Morgan fingerprint density at radius 3 is 0.800 bits per heavy atom. The molecule has 0 spiro atoms. The molecule has 4 N–H and O–H groups in total. The van der Waals surface area contributed by atoms with Gasteiger partial charge in [0.25, 0.3) is 0 Å². The van der Waals surface area contributed by atoms with E-state index in [-0.39, 0.29) is 70.1 Å². The summed E-state index contributed by atoms with van der Waals surface area (Å²) in [5, 5.41) is 16.5. The third-order valence-corrected chi connectivity index (χ3v) is 0. The molecule has 8 heteroatoms. The Morgan fingerprint density at radius 1 is 0.800 bits per heavy atom. The SMILES string of the molecule is O.O.O=C[O-].O=C[O-].[Na+].[Na+]. The van der Waals surface area contributed by atoms with Crippen LogP contribution in [0.15, 0.2) is 0 Å². The normalized spacial score (nSPS) is 2.40. The standard InChI is InChI=1S/2CH2O2.2Na.2H2O/c2*2-1-3;;;;/h2*1H,(H,2,3);;;2*1H2/q;;2*+1;;/p-2. The van der Waals surface area contributed by atoms with Gasteiger partial charge in [0.05, 0.1) is 0 Å². The molecule has 0 fully saturated rings. The molecule has 0 heterocycles. The summed E-state index contributed by atoms with van der Waals surface area (Å²) in [4.78, 5) is 16.5. The molecule has 10 heavy (non-hydrogen) atoms. The first-order valence-corrected chi connectivity index (χ1v) is 0.943. The van der Waals surface area contributed by atoms with Gasteiger partial charge in [0.1, 0.15) is 0 Å². The number of carboxylic acid groups (broad SMARTS) is 2. The van der Waals surface area contributed by atoms with E-state index < -0.39 is 12.9 Å². The average molecular weight is 172 g/mol. The van der Waals surface area contributed by atoms with Gasteiger partial charge in [-0.25, -0.2) is 0 Å². The van der Waals surface area contributed by atoms with Crippen LogP contribution in [0.1, 0.15) is 0 Å². The fourth-order valence-electron chi connectivity index (χ4n) is 0. The Bertz CT molecular complexity index is 34.7. The van der Waals surface area contributed by atoms with Gasteiger partial charge >= 0.3 is 59.1 Å². The van der Waals surface area contributed by atoms with Crippen LogP contribution >= 0.6 is 0 Å². The zero-order valence-electron chi connectivity index (χ0n) is 5.79. The Hall–Kier alpha value is 0.860. The summed E-state index contributed by atoms with van der Waals surface area (Å²) in [6.07, 6.45) is 0. The van der Waals surface area contributed by atoms with Crippen molar-refractivity contribution >= 4 is 12.9 Å². The van der Waals surface area contributed by atoms with Crippen LogP contribution in [0.4, 0.5) is 0 Å². The third-order valence-electron chi connectivity index (χ3n) is 0. The topological polar surface area (TPSA) is 143 Å². The molecule has 0 aromatic rings. The predicted octanol–water partition coefficient (Wildman–Crippen LogP) is -10.9. The first-order chi connectivity index (χ1) is 2.83. The zero-order valence-corrected chi connectivity index (χ0v) is 9.79. The van der Waals surface area contributed by atoms with Crippen molar-refractivity contribution in [3.05, 3.63) is 0 Å². The molecule has 0 bridgehead atoms. The smallest absolute Gasteiger partial charge is 0.554 e. The van der Waals surface area contributed by atoms with E-state index >= 15 is 0 Å². The Morgan fingerprint density at radius 2 is 0.800 bits per heavy atom. The monoisotopic (exact) mass is 172 g/mol. The fourth-order valence-corrected chi connectivity index (χ4v) is 0. The molecular weight excluding hydrogens is 166 g/mol. The van der Waals surface area contributed by atoms with Gasteiger partial charge in [-0.2, -0.15) is 0 Å². The Kier molecular flexibility index (Phi) is 423. The van der Waals surface area contributed by atoms with Gasteiger partial charge in [0.15, 0.2) is 0 Å². The quantitative estimate of drug-likeness (QED) is 0.264. The summed E-state index contributed by atoms with van der Waals surface area (Å²) < 4.78 is 0. The largest absolute Gasteiger partial charge is 1.00 e. The minimum absolute atomic E-state index is 0. The van der Waals surface area contributed by atoms with Crippen molar-refractivity contribution in [2.24, 2.45) is 0 Å². The molecule has 0 aromatic heterocycles. The van der Waals surface area contributed by atoms with E-state index in [2.05, 4.69) is 0 Å². The Labute approximate surface area is 102 Å². The maximum Gasteiger partial charge on any atom is 1.00 e. The first kappa shape index (κ1) is 44.7. The van der Waals surface area contributed by atoms with E-state index in [9.17, 15) is 0 Å². The maximum atomic E-state index is 8.25. The van der Waals surface area contributed by atoms with Gasteiger partial charge in [-0.1, -0.05) is 0 Å². The molecule has 52 valence electrons. The molecule has 0 aliphatic rings. The minimum atomic E-state index is -0.500. The summed E-state index contributed by atoms with van der Waals surface area (Å²) in [7, 11) is 0.